The van der Waals surface area contributed by atoms with E-state index in [1.165, 1.54) is 6.42 Å². The zero-order chi connectivity index (χ0) is 21.8. The van der Waals surface area contributed by atoms with Crippen LogP contribution >= 0.6 is 0 Å². The van der Waals surface area contributed by atoms with Crippen molar-refractivity contribution in [2.24, 2.45) is 0 Å². The number of carbonyl (C=O) groups is 2. The van der Waals surface area contributed by atoms with E-state index < -0.39 is 5.92 Å². The molecular formula is C26H32N2O3. The van der Waals surface area contributed by atoms with Gasteiger partial charge < -0.3 is 15.3 Å². The number of amides is 2. The van der Waals surface area contributed by atoms with E-state index in [-0.39, 0.29) is 30.5 Å². The summed E-state index contributed by atoms with van der Waals surface area (Å²) in [6, 6.07) is 15.1. The standard InChI is InChI=1S/C26H32N2O3/c1-2-16-27-25(30)23-21-10-6-7-11-22(21)26(31)28(20-8-4-3-5-9-20)24(23)19-14-12-18(17-29)13-15-19/h6-7,10-15,20,23-24,29H,2-5,8-9,16-17H2,1H3,(H,27,30)/t23-,24+/m1/s1. The first-order valence-corrected chi connectivity index (χ1v) is 11.5. The van der Waals surface area contributed by atoms with Crippen LogP contribution < -0.4 is 5.32 Å². The van der Waals surface area contributed by atoms with Crippen LogP contribution in [-0.2, 0) is 11.4 Å². The average molecular weight is 421 g/mol. The summed E-state index contributed by atoms with van der Waals surface area (Å²) in [5, 5.41) is 12.6. The highest BCUT2D eigenvalue weighted by molar-refractivity contribution is 6.01. The Morgan fingerprint density at radius 3 is 2.45 bits per heavy atom. The molecule has 1 aliphatic carbocycles. The van der Waals surface area contributed by atoms with Crippen molar-refractivity contribution in [1.29, 1.82) is 0 Å². The number of nitrogens with one attached hydrogen (secondary N) is 1. The van der Waals surface area contributed by atoms with Crippen molar-refractivity contribution in [3.05, 3.63) is 70.8 Å². The minimum atomic E-state index is -0.456. The Morgan fingerprint density at radius 1 is 1.06 bits per heavy atom. The molecule has 0 bridgehead atoms. The normalized spacial score (nSPS) is 21.6. The number of hydrogen-bond donors (Lipinski definition) is 2. The van der Waals surface area contributed by atoms with Crippen molar-refractivity contribution in [2.45, 2.75) is 70.1 Å². The zero-order valence-corrected chi connectivity index (χ0v) is 18.2. The molecule has 4 rings (SSSR count). The van der Waals surface area contributed by atoms with E-state index >= 15 is 0 Å². The van der Waals surface area contributed by atoms with Gasteiger partial charge in [0.2, 0.25) is 5.91 Å². The predicted octanol–water partition coefficient (Wildman–Crippen LogP) is 4.32. The molecule has 1 saturated carbocycles. The summed E-state index contributed by atoms with van der Waals surface area (Å²) in [7, 11) is 0. The lowest BCUT2D eigenvalue weighted by atomic mass is 9.77. The van der Waals surface area contributed by atoms with Crippen molar-refractivity contribution >= 4 is 11.8 Å². The number of nitrogens with zero attached hydrogens (tertiary/aromatic N) is 1. The minimum absolute atomic E-state index is 0.0262. The van der Waals surface area contributed by atoms with Crippen LogP contribution in [0.25, 0.3) is 0 Å². The van der Waals surface area contributed by atoms with Crippen LogP contribution in [0.1, 0.15) is 84.5 Å². The van der Waals surface area contributed by atoms with Crippen molar-refractivity contribution < 1.29 is 14.7 Å². The fraction of sp³-hybridized carbons (Fsp3) is 0.462. The van der Waals surface area contributed by atoms with Gasteiger partial charge in [0.05, 0.1) is 18.6 Å². The maximum absolute atomic E-state index is 13.8. The molecule has 0 spiro atoms. The summed E-state index contributed by atoms with van der Waals surface area (Å²) < 4.78 is 0. The Hall–Kier alpha value is -2.66. The summed E-state index contributed by atoms with van der Waals surface area (Å²) in [5.41, 5.74) is 3.22. The smallest absolute Gasteiger partial charge is 0.254 e. The molecule has 1 heterocycles. The molecule has 2 N–H and O–H groups in total. The highest BCUT2D eigenvalue weighted by atomic mass is 16.3. The third-order valence-corrected chi connectivity index (χ3v) is 6.68. The molecule has 2 aliphatic rings. The SMILES string of the molecule is CCCNC(=O)[C@@H]1c2ccccc2C(=O)N(C2CCCCC2)[C@H]1c1ccc(CO)cc1. The summed E-state index contributed by atoms with van der Waals surface area (Å²) in [5.74, 6) is -0.459. The Morgan fingerprint density at radius 2 is 1.77 bits per heavy atom. The van der Waals surface area contributed by atoms with Gasteiger partial charge in [-0.05, 0) is 42.0 Å². The van der Waals surface area contributed by atoms with E-state index in [9.17, 15) is 14.7 Å². The van der Waals surface area contributed by atoms with Crippen molar-refractivity contribution in [1.82, 2.24) is 10.2 Å². The van der Waals surface area contributed by atoms with Gasteiger partial charge in [-0.25, -0.2) is 0 Å². The van der Waals surface area contributed by atoms with Gasteiger partial charge in [0.25, 0.3) is 5.91 Å². The van der Waals surface area contributed by atoms with Gasteiger partial charge in [-0.2, -0.15) is 0 Å². The number of benzene rings is 2. The monoisotopic (exact) mass is 420 g/mol. The van der Waals surface area contributed by atoms with Crippen LogP contribution in [-0.4, -0.2) is 34.4 Å². The Labute approximate surface area is 184 Å². The zero-order valence-electron chi connectivity index (χ0n) is 18.2. The number of aliphatic hydroxyl groups is 1. The fourth-order valence-corrected chi connectivity index (χ4v) is 5.13. The molecule has 0 unspecified atom stereocenters. The molecule has 164 valence electrons. The molecule has 0 saturated heterocycles. The molecular weight excluding hydrogens is 388 g/mol. The molecule has 31 heavy (non-hydrogen) atoms. The summed E-state index contributed by atoms with van der Waals surface area (Å²) in [6.45, 7) is 2.63. The molecule has 2 amide bonds. The van der Waals surface area contributed by atoms with E-state index in [1.54, 1.807) is 0 Å². The van der Waals surface area contributed by atoms with Crippen LogP contribution in [0.3, 0.4) is 0 Å². The summed E-state index contributed by atoms with van der Waals surface area (Å²) >= 11 is 0. The molecule has 2 aromatic rings. The van der Waals surface area contributed by atoms with Crippen LogP contribution in [0.4, 0.5) is 0 Å². The van der Waals surface area contributed by atoms with Gasteiger partial charge in [-0.15, -0.1) is 0 Å². The third kappa shape index (κ3) is 4.24. The fourth-order valence-electron chi connectivity index (χ4n) is 5.13. The van der Waals surface area contributed by atoms with E-state index in [0.717, 1.165) is 48.8 Å². The van der Waals surface area contributed by atoms with Crippen molar-refractivity contribution in [2.75, 3.05) is 6.54 Å². The van der Waals surface area contributed by atoms with Gasteiger partial charge in [0.15, 0.2) is 0 Å². The number of rotatable bonds is 6. The van der Waals surface area contributed by atoms with Gasteiger partial charge in [0.1, 0.15) is 0 Å². The van der Waals surface area contributed by atoms with Gasteiger partial charge >= 0.3 is 0 Å². The lowest BCUT2D eigenvalue weighted by molar-refractivity contribution is -0.124. The van der Waals surface area contributed by atoms with Crippen LogP contribution in [0.15, 0.2) is 48.5 Å². The number of hydrogen-bond acceptors (Lipinski definition) is 3. The number of aliphatic hydroxyl groups excluding tert-OH is 1. The van der Waals surface area contributed by atoms with Crippen LogP contribution in [0.2, 0.25) is 0 Å². The molecule has 1 aliphatic heterocycles. The van der Waals surface area contributed by atoms with E-state index in [0.29, 0.717) is 12.1 Å². The van der Waals surface area contributed by atoms with Gasteiger partial charge in [0, 0.05) is 18.2 Å². The van der Waals surface area contributed by atoms with E-state index in [4.69, 9.17) is 0 Å². The summed E-state index contributed by atoms with van der Waals surface area (Å²) in [6.07, 6.45) is 6.23. The quantitative estimate of drug-likeness (QED) is 0.731. The molecule has 2 atom stereocenters. The topological polar surface area (TPSA) is 69.6 Å². The maximum atomic E-state index is 13.8. The van der Waals surface area contributed by atoms with Gasteiger partial charge in [-0.3, -0.25) is 9.59 Å². The highest BCUT2D eigenvalue weighted by Gasteiger charge is 2.46. The first kappa shape index (κ1) is 21.6. The molecule has 5 heteroatoms. The number of carbonyl (C=O) groups excluding carboxylic acids is 2. The highest BCUT2D eigenvalue weighted by Crippen LogP contribution is 2.45. The molecule has 5 nitrogen and oxygen atoms in total. The Balaban J connectivity index is 1.85. The molecule has 1 fully saturated rings. The van der Waals surface area contributed by atoms with Crippen LogP contribution in [0, 0.1) is 0 Å². The molecule has 2 aromatic carbocycles. The predicted molar refractivity (Wildman–Crippen MR) is 121 cm³/mol. The molecule has 0 aromatic heterocycles. The Kier molecular flexibility index (Phi) is 6.71. The number of fused-ring (bicyclic) bond motifs is 1. The largest absolute Gasteiger partial charge is 0.392 e. The minimum Gasteiger partial charge on any atom is -0.392 e. The van der Waals surface area contributed by atoms with E-state index in [1.807, 2.05) is 60.4 Å². The second kappa shape index (κ2) is 9.65. The average Bonchev–Trinajstić information content (AvgIpc) is 2.83. The Bertz CT molecular complexity index is 919. The van der Waals surface area contributed by atoms with Crippen molar-refractivity contribution in [3.63, 3.8) is 0 Å². The second-order valence-corrected chi connectivity index (χ2v) is 8.70. The van der Waals surface area contributed by atoms with Crippen LogP contribution in [0.5, 0.6) is 0 Å². The van der Waals surface area contributed by atoms with Gasteiger partial charge in [-0.1, -0.05) is 68.7 Å². The molecule has 0 radical (unpaired) electrons. The van der Waals surface area contributed by atoms with Crippen molar-refractivity contribution in [3.8, 4) is 0 Å². The first-order valence-electron chi connectivity index (χ1n) is 11.5. The first-order chi connectivity index (χ1) is 15.2. The maximum Gasteiger partial charge on any atom is 0.254 e. The summed E-state index contributed by atoms with van der Waals surface area (Å²) in [4.78, 5) is 29.2. The lowest BCUT2D eigenvalue weighted by Crippen LogP contribution is -2.52. The van der Waals surface area contributed by atoms with E-state index in [2.05, 4.69) is 5.32 Å². The lowest BCUT2D eigenvalue weighted by Gasteiger charge is -2.46. The second-order valence-electron chi connectivity index (χ2n) is 8.70. The third-order valence-electron chi connectivity index (χ3n) is 6.68.